The van der Waals surface area contributed by atoms with Gasteiger partial charge in [0.25, 0.3) is 0 Å². The van der Waals surface area contributed by atoms with Crippen molar-refractivity contribution in [1.82, 2.24) is 0 Å². The molecule has 0 aliphatic heterocycles. The third-order valence-corrected chi connectivity index (χ3v) is 27.6. The number of ether oxygens (including phenoxy) is 3. The van der Waals surface area contributed by atoms with Crippen LogP contribution in [0, 0.1) is 64.3 Å². The van der Waals surface area contributed by atoms with Crippen LogP contribution >= 0.6 is 0 Å². The van der Waals surface area contributed by atoms with Crippen LogP contribution in [0.1, 0.15) is 50.7 Å². The molecule has 2 aliphatic rings. The number of methoxy groups -OCH3 is 1. The molecule has 12 aromatic rings. The van der Waals surface area contributed by atoms with E-state index in [0.717, 1.165) is 12.5 Å². The van der Waals surface area contributed by atoms with Gasteiger partial charge in [-0.1, -0.05) is 220 Å². The van der Waals surface area contributed by atoms with Crippen molar-refractivity contribution < 1.29 is 115 Å². The number of hydrogen-bond acceptors (Lipinski definition) is 14. The minimum Gasteiger partial charge on any atom is -0.744 e. The van der Waals surface area contributed by atoms with E-state index in [1.54, 1.807) is 25.1 Å². The standard InChI is InChI=1S/3C18H15S.C15H10F4O4S.C10H6F4O5S.C9H12F4O3S.C5H8O2/c3*1-4-10-16(11-5-1)19(17-12-6-2-7-13-17)18-14-8-3-9-15-18;1-2-8-3-5-9(6-4-8)7-23-14-10(16)12(18)15(24(20,21)22)13(19)11(14)17;1-3(2)10(15)19-8-4(11)6(13)9(20(16,17)18)7(14)5(8)12;10-8(11,9(12,13)17(14,15)16)7-4-5-1-2-6(7)3-5;1-4(2)5(6)7-3/h3*1-15H;2-6H,1,7H2,(H,20,21,22);1H2,2H3,(H,16,17,18);5-7H,1-4H2,(H,14,15,16);1H2,2-3H3/q3*+1;;;;/p-3. The number of halogens is 12. The third-order valence-electron chi connectivity index (χ3n) is 18.3. The van der Waals surface area contributed by atoms with Crippen LogP contribution in [-0.4, -0.2) is 69.1 Å². The van der Waals surface area contributed by atoms with E-state index in [0.29, 0.717) is 30.4 Å². The first-order valence-electron chi connectivity index (χ1n) is 37.2. The fourth-order valence-electron chi connectivity index (χ4n) is 12.4. The van der Waals surface area contributed by atoms with E-state index in [1.165, 1.54) is 63.3 Å². The van der Waals surface area contributed by atoms with Gasteiger partial charge in [-0.15, -0.1) is 0 Å². The Labute approximate surface area is 724 Å². The molecule has 2 fully saturated rings. The topological polar surface area (TPSA) is 233 Å². The van der Waals surface area contributed by atoms with Crippen molar-refractivity contribution in [2.24, 2.45) is 17.8 Å². The van der Waals surface area contributed by atoms with E-state index in [4.69, 9.17) is 4.74 Å². The SMILES string of the molecule is C=C(C)C(=O)OC.C=C(C)C(=O)Oc1c(F)c(F)c(S(=O)(=O)[O-])c(F)c1F.C=Cc1ccc(COc2c(F)c(F)c(S(=O)(=O)[O-])c(F)c2F)cc1.O=S(=O)([O-])C(F)(F)C(F)(F)C1CC2CCC1C2.c1ccc([S+](c2ccccc2)c2ccccc2)cc1.c1ccc([S+](c2ccccc2)c2ccccc2)cc1.c1ccc([S+](c2ccccc2)c2ccccc2)cc1. The Hall–Kier alpha value is -11.5. The minimum absolute atomic E-state index is 0.0146. The second kappa shape index (κ2) is 45.4. The fourth-order valence-corrected chi connectivity index (χ4v) is 20.4. The number of hydrogen-bond donors (Lipinski definition) is 0. The summed E-state index contributed by atoms with van der Waals surface area (Å²) in [7, 11) is -16.6. The average molecular weight is 1840 g/mol. The molecule has 125 heavy (non-hydrogen) atoms. The van der Waals surface area contributed by atoms with Gasteiger partial charge in [0.15, 0.2) is 83.2 Å². The predicted molar refractivity (Wildman–Crippen MR) is 450 cm³/mol. The molecule has 0 N–H and O–H groups in total. The van der Waals surface area contributed by atoms with Crippen LogP contribution in [0.3, 0.4) is 0 Å². The van der Waals surface area contributed by atoms with Gasteiger partial charge >= 0.3 is 23.1 Å². The summed E-state index contributed by atoms with van der Waals surface area (Å²) >= 11 is 0. The lowest BCUT2D eigenvalue weighted by Gasteiger charge is -2.36. The smallest absolute Gasteiger partial charge is 0.396 e. The number of esters is 2. The number of benzene rings is 12. The van der Waals surface area contributed by atoms with Crippen LogP contribution in [0.5, 0.6) is 11.5 Å². The number of alkyl halides is 4. The molecule has 0 radical (unpaired) electrons. The van der Waals surface area contributed by atoms with Crippen molar-refractivity contribution in [2.75, 3.05) is 7.11 Å². The largest absolute Gasteiger partial charge is 0.744 e. The Morgan fingerprint density at radius 2 is 0.664 bits per heavy atom. The normalized spacial score (nSPS) is 13.9. The molecular formula is C93H78F12O14S6. The van der Waals surface area contributed by atoms with Gasteiger partial charge in [0.05, 0.1) is 39.8 Å². The van der Waals surface area contributed by atoms with Crippen LogP contribution in [0.2, 0.25) is 0 Å². The lowest BCUT2D eigenvalue weighted by atomic mass is 9.84. The molecule has 0 heterocycles. The summed E-state index contributed by atoms with van der Waals surface area (Å²) < 4.78 is 269. The molecule has 12 aromatic carbocycles. The first kappa shape index (κ1) is 99.0. The van der Waals surface area contributed by atoms with Crippen LogP contribution in [0.15, 0.2) is 382 Å². The Kier molecular flexibility index (Phi) is 36.0. The van der Waals surface area contributed by atoms with Crippen LogP contribution < -0.4 is 9.47 Å². The zero-order valence-electron chi connectivity index (χ0n) is 66.5. The highest BCUT2D eigenvalue weighted by Gasteiger charge is 2.68. The second-order valence-corrected chi connectivity index (χ2v) is 37.2. The summed E-state index contributed by atoms with van der Waals surface area (Å²) in [5, 5.41) is -5.52. The van der Waals surface area contributed by atoms with Crippen molar-refractivity contribution in [1.29, 1.82) is 0 Å². The van der Waals surface area contributed by atoms with Gasteiger partial charge in [0, 0.05) is 17.1 Å². The molecular weight excluding hydrogens is 1760 g/mol. The monoisotopic (exact) mass is 1840 g/mol. The highest BCUT2D eigenvalue weighted by Crippen LogP contribution is 2.58. The number of fused-ring (bicyclic) bond motifs is 2. The molecule has 3 unspecified atom stereocenters. The summed E-state index contributed by atoms with van der Waals surface area (Å²) in [5.41, 5.74) is 1.27. The van der Waals surface area contributed by atoms with E-state index in [-0.39, 0.29) is 56.6 Å². The van der Waals surface area contributed by atoms with Gasteiger partial charge in [-0.2, -0.15) is 35.1 Å². The minimum atomic E-state index is -6.35. The zero-order chi connectivity index (χ0) is 91.6. The summed E-state index contributed by atoms with van der Waals surface area (Å²) in [6.07, 6.45) is 2.97. The Morgan fingerprint density at radius 3 is 0.864 bits per heavy atom. The average Bonchev–Trinajstić information content (AvgIpc) is 1.63. The van der Waals surface area contributed by atoms with E-state index in [2.05, 4.69) is 302 Å². The van der Waals surface area contributed by atoms with E-state index in [1.807, 2.05) is 0 Å². The summed E-state index contributed by atoms with van der Waals surface area (Å²) in [5.74, 6) is -30.6. The van der Waals surface area contributed by atoms with Crippen molar-refractivity contribution >= 4 is 81.1 Å². The number of carbonyl (C=O) groups excluding carboxylic acids is 2. The first-order chi connectivity index (χ1) is 59.2. The van der Waals surface area contributed by atoms with E-state index in [9.17, 15) is 101 Å². The summed E-state index contributed by atoms with van der Waals surface area (Å²) in [6.45, 7) is 12.2. The highest BCUT2D eigenvalue weighted by atomic mass is 32.2. The van der Waals surface area contributed by atoms with Crippen molar-refractivity contribution in [3.8, 4) is 11.5 Å². The molecule has 14 rings (SSSR count). The zero-order valence-corrected chi connectivity index (χ0v) is 71.4. The lowest BCUT2D eigenvalue weighted by Crippen LogP contribution is -2.52. The van der Waals surface area contributed by atoms with Crippen molar-refractivity contribution in [2.45, 2.75) is 111 Å². The number of rotatable bonds is 21. The third kappa shape index (κ3) is 26.3. The molecule has 0 spiro atoms. The predicted octanol–water partition coefficient (Wildman–Crippen LogP) is 22.3. The molecule has 32 heteroatoms. The quantitative estimate of drug-likeness (QED) is 0.0124. The molecule has 2 saturated carbocycles. The van der Waals surface area contributed by atoms with E-state index < -0.39 is 134 Å². The lowest BCUT2D eigenvalue weighted by molar-refractivity contribution is -0.202. The van der Waals surface area contributed by atoms with Gasteiger partial charge in [-0.05, 0) is 165 Å². The molecule has 0 aromatic heterocycles. The maximum atomic E-state index is 13.7. The Morgan fingerprint density at radius 1 is 0.400 bits per heavy atom. The molecule has 0 amide bonds. The molecule has 2 aliphatic carbocycles. The van der Waals surface area contributed by atoms with Crippen LogP contribution in [0.4, 0.5) is 52.7 Å². The summed E-state index contributed by atoms with van der Waals surface area (Å²) in [4.78, 5) is 28.9. The summed E-state index contributed by atoms with van der Waals surface area (Å²) in [6, 6.07) is 103. The Balaban J connectivity index is 0.000000183. The van der Waals surface area contributed by atoms with Crippen molar-refractivity contribution in [3.05, 3.63) is 386 Å². The van der Waals surface area contributed by atoms with Crippen LogP contribution in [-0.2, 0) is 84.0 Å². The fraction of sp³-hybridized carbons (Fsp3) is 0.140. The second-order valence-electron chi connectivity index (χ2n) is 27.0. The molecule has 0 saturated heterocycles. The maximum absolute atomic E-state index is 13.7. The molecule has 654 valence electrons. The van der Waals surface area contributed by atoms with Gasteiger partial charge < -0.3 is 27.9 Å². The number of carbonyl (C=O) groups is 2. The van der Waals surface area contributed by atoms with Gasteiger partial charge in [0.1, 0.15) is 36.6 Å². The molecule has 2 bridgehead atoms. The van der Waals surface area contributed by atoms with Gasteiger partial charge in [-0.3, -0.25) is 0 Å². The van der Waals surface area contributed by atoms with Gasteiger partial charge in [-0.25, -0.2) is 52.4 Å². The molecule has 3 atom stereocenters. The first-order valence-corrected chi connectivity index (χ1v) is 45.1. The Bertz CT molecular complexity index is 5360. The highest BCUT2D eigenvalue weighted by molar-refractivity contribution is 7.97. The maximum Gasteiger partial charge on any atom is 0.396 e. The van der Waals surface area contributed by atoms with E-state index >= 15 is 0 Å². The molecule has 14 nitrogen and oxygen atoms in total. The van der Waals surface area contributed by atoms with Crippen LogP contribution in [0.25, 0.3) is 6.08 Å². The van der Waals surface area contributed by atoms with Gasteiger partial charge in [0.2, 0.25) is 29.0 Å². The van der Waals surface area contributed by atoms with Crippen molar-refractivity contribution in [3.63, 3.8) is 0 Å².